The Balaban J connectivity index is 0.795. The van der Waals surface area contributed by atoms with E-state index in [2.05, 4.69) is 232 Å². The molecule has 0 N–H and O–H groups in total. The van der Waals surface area contributed by atoms with E-state index in [1.807, 2.05) is 0 Å². The van der Waals surface area contributed by atoms with Gasteiger partial charge < -0.3 is 0 Å². The van der Waals surface area contributed by atoms with Crippen LogP contribution in [0, 0.1) is 13.8 Å². The molecular weight excluding hydrogens is 893 g/mol. The number of hydrogen-bond donors (Lipinski definition) is 0. The molecule has 1 heterocycles. The van der Waals surface area contributed by atoms with Crippen LogP contribution in [0.15, 0.2) is 230 Å². The predicted molar refractivity (Wildman–Crippen MR) is 305 cm³/mol. The van der Waals surface area contributed by atoms with Gasteiger partial charge in [0.1, 0.15) is 0 Å². The Labute approximate surface area is 432 Å². The van der Waals surface area contributed by atoms with Crippen molar-refractivity contribution in [1.82, 2.24) is 9.97 Å². The van der Waals surface area contributed by atoms with Crippen LogP contribution in [-0.4, -0.2) is 9.97 Å². The van der Waals surface area contributed by atoms with E-state index in [1.54, 1.807) is 0 Å². The first-order valence-corrected chi connectivity index (χ1v) is 26.5. The quantitative estimate of drug-likeness (QED) is 0.176. The molecule has 0 radical (unpaired) electrons. The molecule has 2 spiro atoms. The molecule has 0 saturated carbocycles. The lowest BCUT2D eigenvalue weighted by atomic mass is 9.68. The fraction of sp³-hybridized carbons (Fsp3) is 0.111. The summed E-state index contributed by atoms with van der Waals surface area (Å²) in [6, 6.07) is 73.5. The smallest absolute Gasteiger partial charge is 0.0973 e. The lowest BCUT2D eigenvalue weighted by Crippen LogP contribution is -2.27. The maximum atomic E-state index is 5.51. The van der Waals surface area contributed by atoms with Crippen LogP contribution in [0.2, 0.25) is 0 Å². The molecule has 1 aromatic heterocycles. The SMILES string of the molecule is Cc1ccc(C)c2nc(-c3ccc(-c4ccc5c(c4)C4(C6=C(C=CCC6)c6ccccc64)c4ccccc4-5)cc3)c(-c3ccc(-c4ccc5c(c4)C4(C6=C(C=CCC6)c6ccccc64)c4ccccc4-5)cc3)nc12. The van der Waals surface area contributed by atoms with Crippen LogP contribution < -0.4 is 0 Å². The Morgan fingerprint density at radius 2 is 0.662 bits per heavy atom. The van der Waals surface area contributed by atoms with E-state index in [0.29, 0.717) is 0 Å². The molecule has 9 aromatic carbocycles. The average molecular weight is 943 g/mol. The molecule has 10 aromatic rings. The molecule has 0 fully saturated rings. The van der Waals surface area contributed by atoms with E-state index in [1.165, 1.54) is 111 Å². The monoisotopic (exact) mass is 942 g/mol. The highest BCUT2D eigenvalue weighted by Gasteiger charge is 2.54. The Hall–Kier alpha value is -8.72. The molecule has 16 rings (SSSR count). The standard InChI is InChI=1S/C72H50N2/c1-43-27-28-44(2)68-67(43)73-69(47-33-29-45(30-34-47)49-37-39-57-55-19-7-13-25-63(55)71(65(57)41-49)59-21-9-3-15-51(59)52-16-4-10-22-60(52)71)70(74-68)48-35-31-46(32-36-48)50-38-40-58-56-20-8-14-26-64(56)72(66(58)42-50)61-23-11-5-17-53(61)54-18-6-12-24-62(54)72/h3-9,11,13-21,23,25-42H,10,12,22,24H2,1-2H3. The van der Waals surface area contributed by atoms with Gasteiger partial charge in [-0.05, 0) is 174 Å². The van der Waals surface area contributed by atoms with E-state index in [-0.39, 0.29) is 10.8 Å². The number of rotatable bonds is 4. The Morgan fingerprint density at radius 3 is 1.08 bits per heavy atom. The highest BCUT2D eigenvalue weighted by Crippen LogP contribution is 2.65. The minimum Gasteiger partial charge on any atom is -0.244 e. The molecule has 0 amide bonds. The van der Waals surface area contributed by atoms with Crippen molar-refractivity contribution in [2.75, 3.05) is 0 Å². The zero-order chi connectivity index (χ0) is 48.9. The first-order chi connectivity index (χ1) is 36.5. The summed E-state index contributed by atoms with van der Waals surface area (Å²) in [5.74, 6) is 0. The molecule has 348 valence electrons. The number of fused-ring (bicyclic) bond motifs is 19. The third-order valence-corrected chi connectivity index (χ3v) is 17.8. The maximum Gasteiger partial charge on any atom is 0.0973 e. The number of aromatic nitrogens is 2. The van der Waals surface area contributed by atoms with Gasteiger partial charge >= 0.3 is 0 Å². The molecule has 74 heavy (non-hydrogen) atoms. The predicted octanol–water partition coefficient (Wildman–Crippen LogP) is 17.8. The van der Waals surface area contributed by atoms with Crippen LogP contribution in [0.1, 0.15) is 81.3 Å². The summed E-state index contributed by atoms with van der Waals surface area (Å²) in [5, 5.41) is 0. The van der Waals surface area contributed by atoms with Crippen LogP contribution >= 0.6 is 0 Å². The number of benzene rings is 9. The second kappa shape index (κ2) is 15.4. The first kappa shape index (κ1) is 41.9. The minimum atomic E-state index is -0.301. The summed E-state index contributed by atoms with van der Waals surface area (Å²) in [4.78, 5) is 11.0. The molecule has 2 heteroatoms. The van der Waals surface area contributed by atoms with Gasteiger partial charge in [-0.15, -0.1) is 0 Å². The molecular formula is C72H50N2. The number of hydrogen-bond acceptors (Lipinski definition) is 2. The number of nitrogens with zero attached hydrogens (tertiary/aromatic N) is 2. The summed E-state index contributed by atoms with van der Waals surface area (Å²) >= 11 is 0. The molecule has 0 aliphatic heterocycles. The zero-order valence-electron chi connectivity index (χ0n) is 41.5. The maximum absolute atomic E-state index is 5.51. The second-order valence-electron chi connectivity index (χ2n) is 21.3. The van der Waals surface area contributed by atoms with E-state index in [4.69, 9.17) is 9.97 Å². The van der Waals surface area contributed by atoms with Crippen LogP contribution in [0.3, 0.4) is 0 Å². The fourth-order valence-electron chi connectivity index (χ4n) is 14.6. The molecule has 6 aliphatic carbocycles. The molecule has 0 bridgehead atoms. The number of allylic oxidation sites excluding steroid dienone is 8. The van der Waals surface area contributed by atoms with Gasteiger partial charge in [0, 0.05) is 11.1 Å². The first-order valence-electron chi connectivity index (χ1n) is 26.5. The molecule has 2 nitrogen and oxygen atoms in total. The second-order valence-corrected chi connectivity index (χ2v) is 21.3. The van der Waals surface area contributed by atoms with Gasteiger partial charge in [-0.25, -0.2) is 9.97 Å². The van der Waals surface area contributed by atoms with Gasteiger partial charge in [0.15, 0.2) is 0 Å². The molecule has 2 unspecified atom stereocenters. The van der Waals surface area contributed by atoms with E-state index in [0.717, 1.165) is 70.4 Å². The van der Waals surface area contributed by atoms with Crippen molar-refractivity contribution in [3.63, 3.8) is 0 Å². The lowest BCUT2D eigenvalue weighted by molar-refractivity contribution is 0.714. The number of aryl methyl sites for hydroxylation is 2. The summed E-state index contributed by atoms with van der Waals surface area (Å²) < 4.78 is 0. The zero-order valence-corrected chi connectivity index (χ0v) is 41.5. The van der Waals surface area contributed by atoms with E-state index < -0.39 is 0 Å². The van der Waals surface area contributed by atoms with Crippen LogP contribution in [0.4, 0.5) is 0 Å². The third kappa shape index (κ3) is 5.45. The van der Waals surface area contributed by atoms with Crippen molar-refractivity contribution in [3.05, 3.63) is 285 Å². The highest BCUT2D eigenvalue weighted by atomic mass is 14.8. The summed E-state index contributed by atoms with van der Waals surface area (Å²) in [5.41, 5.74) is 34.7. The molecule has 0 saturated heterocycles. The highest BCUT2D eigenvalue weighted by molar-refractivity contribution is 6.00. The Kier molecular flexibility index (Phi) is 8.71. The van der Waals surface area contributed by atoms with Gasteiger partial charge in [-0.2, -0.15) is 0 Å². The van der Waals surface area contributed by atoms with Crippen LogP contribution in [0.5, 0.6) is 0 Å². The van der Waals surface area contributed by atoms with Crippen molar-refractivity contribution >= 4 is 22.2 Å². The fourth-order valence-corrected chi connectivity index (χ4v) is 14.6. The van der Waals surface area contributed by atoms with Gasteiger partial charge in [0.05, 0.1) is 33.3 Å². The topological polar surface area (TPSA) is 25.8 Å². The van der Waals surface area contributed by atoms with Crippen molar-refractivity contribution < 1.29 is 0 Å². The van der Waals surface area contributed by atoms with Crippen molar-refractivity contribution in [3.8, 4) is 67.0 Å². The van der Waals surface area contributed by atoms with Crippen molar-refractivity contribution in [2.45, 2.75) is 50.4 Å². The Morgan fingerprint density at radius 1 is 0.324 bits per heavy atom. The average Bonchev–Trinajstić information content (AvgIpc) is 4.16. The molecule has 2 atom stereocenters. The van der Waals surface area contributed by atoms with E-state index >= 15 is 0 Å². The van der Waals surface area contributed by atoms with Gasteiger partial charge in [-0.3, -0.25) is 0 Å². The van der Waals surface area contributed by atoms with E-state index in [9.17, 15) is 0 Å². The normalized spacial score (nSPS) is 18.9. The summed E-state index contributed by atoms with van der Waals surface area (Å²) in [6.07, 6.45) is 13.7. The van der Waals surface area contributed by atoms with Gasteiger partial charge in [-0.1, -0.05) is 206 Å². The minimum absolute atomic E-state index is 0.301. The molecule has 6 aliphatic rings. The van der Waals surface area contributed by atoms with Gasteiger partial charge in [0.25, 0.3) is 0 Å². The van der Waals surface area contributed by atoms with Crippen LogP contribution in [0.25, 0.3) is 89.2 Å². The van der Waals surface area contributed by atoms with Crippen LogP contribution in [-0.2, 0) is 10.8 Å². The summed E-state index contributed by atoms with van der Waals surface area (Å²) in [6.45, 7) is 4.29. The third-order valence-electron chi connectivity index (χ3n) is 17.8. The van der Waals surface area contributed by atoms with Gasteiger partial charge in [0.2, 0.25) is 0 Å². The largest absolute Gasteiger partial charge is 0.244 e. The van der Waals surface area contributed by atoms with Crippen molar-refractivity contribution in [2.24, 2.45) is 0 Å². The summed E-state index contributed by atoms with van der Waals surface area (Å²) in [7, 11) is 0. The Bertz CT molecular complexity index is 3980. The lowest BCUT2D eigenvalue weighted by Gasteiger charge is -2.33. The van der Waals surface area contributed by atoms with Crippen molar-refractivity contribution in [1.29, 1.82) is 0 Å².